The zero-order valence-corrected chi connectivity index (χ0v) is 14.3. The number of morpholine rings is 1. The highest BCUT2D eigenvalue weighted by Gasteiger charge is 2.39. The fourth-order valence-electron chi connectivity index (χ4n) is 4.33. The first-order valence-corrected chi connectivity index (χ1v) is 9.06. The van der Waals surface area contributed by atoms with Gasteiger partial charge in [0.05, 0.1) is 25.7 Å². The Morgan fingerprint density at radius 3 is 2.75 bits per heavy atom. The van der Waals surface area contributed by atoms with Crippen LogP contribution in [0.15, 0.2) is 24.3 Å². The highest BCUT2D eigenvalue weighted by molar-refractivity contribution is 5.85. The largest absolute Gasteiger partial charge is 0.493 e. The fraction of sp³-hybridized carbons (Fsp3) is 0.632. The van der Waals surface area contributed by atoms with Gasteiger partial charge in [0.15, 0.2) is 0 Å². The van der Waals surface area contributed by atoms with Crippen LogP contribution in [-0.4, -0.2) is 67.7 Å². The Morgan fingerprint density at radius 1 is 1.12 bits per heavy atom. The lowest BCUT2D eigenvalue weighted by Crippen LogP contribution is -2.47. The second-order valence-corrected chi connectivity index (χ2v) is 7.16. The van der Waals surface area contributed by atoms with Crippen LogP contribution in [0.1, 0.15) is 24.8 Å². The molecule has 0 radical (unpaired) electrons. The quantitative estimate of drug-likeness (QED) is 0.828. The van der Waals surface area contributed by atoms with Crippen molar-refractivity contribution in [2.24, 2.45) is 5.92 Å². The van der Waals surface area contributed by atoms with E-state index in [-0.39, 0.29) is 11.8 Å². The Labute approximate surface area is 143 Å². The van der Waals surface area contributed by atoms with Crippen molar-refractivity contribution in [3.8, 4) is 5.75 Å². The highest BCUT2D eigenvalue weighted by atomic mass is 16.5. The minimum absolute atomic E-state index is 0.0504. The number of carbonyl (C=O) groups is 1. The predicted octanol–water partition coefficient (Wildman–Crippen LogP) is 1.73. The van der Waals surface area contributed by atoms with E-state index in [0.717, 1.165) is 57.1 Å². The van der Waals surface area contributed by atoms with Crippen molar-refractivity contribution in [2.45, 2.75) is 25.3 Å². The van der Waals surface area contributed by atoms with Crippen LogP contribution in [0.3, 0.4) is 0 Å². The first-order chi connectivity index (χ1) is 11.7. The number of hydrogen-bond donors (Lipinski definition) is 0. The minimum atomic E-state index is -0.0504. The molecular formula is C19H26N2O3. The van der Waals surface area contributed by atoms with E-state index in [4.69, 9.17) is 9.47 Å². The van der Waals surface area contributed by atoms with Crippen molar-refractivity contribution >= 4 is 5.91 Å². The van der Waals surface area contributed by atoms with Gasteiger partial charge in [-0.3, -0.25) is 9.69 Å². The van der Waals surface area contributed by atoms with E-state index in [9.17, 15) is 4.79 Å². The van der Waals surface area contributed by atoms with E-state index in [2.05, 4.69) is 16.7 Å². The number of amides is 1. The normalized spacial score (nSPS) is 30.7. The number of fused-ring (bicyclic) bond motifs is 1. The van der Waals surface area contributed by atoms with Gasteiger partial charge < -0.3 is 14.4 Å². The SMILES string of the molecule is C[C@@H]1CN(C(=O)[C@@H]2CCOc3ccccc32)C[C@@H]1N1CCOCC1. The van der Waals surface area contributed by atoms with Crippen molar-refractivity contribution in [2.75, 3.05) is 46.0 Å². The first-order valence-electron chi connectivity index (χ1n) is 9.06. The van der Waals surface area contributed by atoms with Crippen molar-refractivity contribution in [1.82, 2.24) is 9.80 Å². The van der Waals surface area contributed by atoms with Gasteiger partial charge in [-0.2, -0.15) is 0 Å². The van der Waals surface area contributed by atoms with Gasteiger partial charge in [0, 0.05) is 37.8 Å². The second-order valence-electron chi connectivity index (χ2n) is 7.16. The molecule has 0 bridgehead atoms. The third kappa shape index (κ3) is 2.91. The molecule has 2 saturated heterocycles. The number of ether oxygens (including phenoxy) is 2. The lowest BCUT2D eigenvalue weighted by atomic mass is 9.92. The van der Waals surface area contributed by atoms with Crippen LogP contribution in [0.4, 0.5) is 0 Å². The van der Waals surface area contributed by atoms with Gasteiger partial charge in [0.2, 0.25) is 5.91 Å². The second kappa shape index (κ2) is 6.73. The predicted molar refractivity (Wildman–Crippen MR) is 91.2 cm³/mol. The molecule has 1 aromatic rings. The molecule has 3 aliphatic rings. The van der Waals surface area contributed by atoms with Crippen LogP contribution in [0.25, 0.3) is 0 Å². The lowest BCUT2D eigenvalue weighted by Gasteiger charge is -2.34. The maximum absolute atomic E-state index is 13.2. The first kappa shape index (κ1) is 15.9. The molecule has 5 nitrogen and oxygen atoms in total. The molecule has 24 heavy (non-hydrogen) atoms. The molecule has 0 aromatic heterocycles. The Balaban J connectivity index is 1.48. The van der Waals surface area contributed by atoms with Gasteiger partial charge in [0.25, 0.3) is 0 Å². The number of likely N-dealkylation sites (tertiary alicyclic amines) is 1. The third-order valence-electron chi connectivity index (χ3n) is 5.66. The van der Waals surface area contributed by atoms with Gasteiger partial charge in [-0.25, -0.2) is 0 Å². The van der Waals surface area contributed by atoms with Crippen molar-refractivity contribution in [1.29, 1.82) is 0 Å². The molecule has 2 fully saturated rings. The summed E-state index contributed by atoms with van der Waals surface area (Å²) in [5.74, 6) is 1.61. The van der Waals surface area contributed by atoms with Crippen LogP contribution < -0.4 is 4.74 Å². The van der Waals surface area contributed by atoms with E-state index in [1.54, 1.807) is 0 Å². The monoisotopic (exact) mass is 330 g/mol. The summed E-state index contributed by atoms with van der Waals surface area (Å²) in [6, 6.07) is 8.44. The maximum Gasteiger partial charge on any atom is 0.230 e. The van der Waals surface area contributed by atoms with Crippen LogP contribution in [0.2, 0.25) is 0 Å². The van der Waals surface area contributed by atoms with Gasteiger partial charge in [-0.15, -0.1) is 0 Å². The third-order valence-corrected chi connectivity index (χ3v) is 5.66. The number of nitrogens with zero attached hydrogens (tertiary/aromatic N) is 2. The standard InChI is InChI=1S/C19H26N2O3/c1-14-12-21(13-17(14)20-7-10-23-11-8-20)19(22)16-6-9-24-18-5-3-2-4-15(16)18/h2-5,14,16-17H,6-13H2,1H3/t14-,16-,17+/m1/s1. The Kier molecular flexibility index (Phi) is 4.46. The molecule has 0 spiro atoms. The smallest absolute Gasteiger partial charge is 0.230 e. The molecule has 3 atom stereocenters. The van der Waals surface area contributed by atoms with E-state index >= 15 is 0 Å². The molecular weight excluding hydrogens is 304 g/mol. The molecule has 3 heterocycles. The van der Waals surface area contributed by atoms with Gasteiger partial charge >= 0.3 is 0 Å². The van der Waals surface area contributed by atoms with Crippen molar-refractivity contribution < 1.29 is 14.3 Å². The highest BCUT2D eigenvalue weighted by Crippen LogP contribution is 2.36. The van der Waals surface area contributed by atoms with Crippen molar-refractivity contribution in [3.05, 3.63) is 29.8 Å². The Hall–Kier alpha value is -1.59. The molecule has 5 heteroatoms. The molecule has 0 saturated carbocycles. The number of hydrogen-bond acceptors (Lipinski definition) is 4. The Morgan fingerprint density at radius 2 is 1.92 bits per heavy atom. The molecule has 130 valence electrons. The van der Waals surface area contributed by atoms with E-state index < -0.39 is 0 Å². The summed E-state index contributed by atoms with van der Waals surface area (Å²) in [6.45, 7) is 8.19. The fourth-order valence-corrected chi connectivity index (χ4v) is 4.33. The zero-order valence-electron chi connectivity index (χ0n) is 14.3. The minimum Gasteiger partial charge on any atom is -0.493 e. The summed E-state index contributed by atoms with van der Waals surface area (Å²) in [6.07, 6.45) is 0.781. The molecule has 0 N–H and O–H groups in total. The summed E-state index contributed by atoms with van der Waals surface area (Å²) in [5.41, 5.74) is 1.05. The number of para-hydroxylation sites is 1. The molecule has 0 unspecified atom stereocenters. The summed E-state index contributed by atoms with van der Waals surface area (Å²) < 4.78 is 11.2. The average Bonchev–Trinajstić information content (AvgIpc) is 3.03. The molecule has 3 aliphatic heterocycles. The van der Waals surface area contributed by atoms with Gasteiger partial charge in [0.1, 0.15) is 5.75 Å². The summed E-state index contributed by atoms with van der Waals surface area (Å²) >= 11 is 0. The summed E-state index contributed by atoms with van der Waals surface area (Å²) in [7, 11) is 0. The molecule has 1 amide bonds. The zero-order chi connectivity index (χ0) is 16.5. The van der Waals surface area contributed by atoms with Crippen molar-refractivity contribution in [3.63, 3.8) is 0 Å². The van der Waals surface area contributed by atoms with Crippen LogP contribution >= 0.6 is 0 Å². The summed E-state index contributed by atoms with van der Waals surface area (Å²) in [4.78, 5) is 17.7. The molecule has 1 aromatic carbocycles. The van der Waals surface area contributed by atoms with E-state index in [0.29, 0.717) is 18.6 Å². The average molecular weight is 330 g/mol. The Bertz CT molecular complexity index is 600. The topological polar surface area (TPSA) is 42.0 Å². The van der Waals surface area contributed by atoms with E-state index in [1.165, 1.54) is 0 Å². The van der Waals surface area contributed by atoms with Gasteiger partial charge in [-0.1, -0.05) is 25.1 Å². The van der Waals surface area contributed by atoms with Crippen LogP contribution in [0.5, 0.6) is 5.75 Å². The number of rotatable bonds is 2. The number of benzene rings is 1. The van der Waals surface area contributed by atoms with Crippen LogP contribution in [-0.2, 0) is 9.53 Å². The maximum atomic E-state index is 13.2. The number of carbonyl (C=O) groups excluding carboxylic acids is 1. The van der Waals surface area contributed by atoms with Crippen LogP contribution in [0, 0.1) is 5.92 Å². The van der Waals surface area contributed by atoms with Gasteiger partial charge in [-0.05, 0) is 18.4 Å². The molecule has 0 aliphatic carbocycles. The summed E-state index contributed by atoms with van der Waals surface area (Å²) in [5, 5.41) is 0. The molecule has 4 rings (SSSR count). The lowest BCUT2D eigenvalue weighted by molar-refractivity contribution is -0.132. The van der Waals surface area contributed by atoms with E-state index in [1.807, 2.05) is 24.3 Å².